The quantitative estimate of drug-likeness (QED) is 0.214. The van der Waals surface area contributed by atoms with Gasteiger partial charge in [-0.3, -0.25) is 0 Å². The van der Waals surface area contributed by atoms with Crippen molar-refractivity contribution in [1.82, 2.24) is 0 Å². The Morgan fingerprint density at radius 3 is 0.289 bits per heavy atom. The predicted octanol–water partition coefficient (Wildman–Crippen LogP) is 14.4. The molecule has 45 heavy (non-hydrogen) atoms. The summed E-state index contributed by atoms with van der Waals surface area (Å²) >= 11 is 0. The summed E-state index contributed by atoms with van der Waals surface area (Å²) in [4.78, 5) is 0. The van der Waals surface area contributed by atoms with E-state index in [4.69, 9.17) is 0 Å². The van der Waals surface area contributed by atoms with Gasteiger partial charge in [-0.05, 0) is 0 Å². The van der Waals surface area contributed by atoms with Gasteiger partial charge in [-0.25, -0.2) is 0 Å². The Bertz CT molecular complexity index is 685. The van der Waals surface area contributed by atoms with Crippen LogP contribution in [0.1, 0.15) is 32.1 Å². The number of rotatable bonds is 0. The van der Waals surface area contributed by atoms with E-state index in [2.05, 4.69) is 131 Å². The molecule has 1 heterocycles. The molecule has 0 radical (unpaired) electrons. The van der Waals surface area contributed by atoms with E-state index in [1.807, 2.05) is 0 Å². The van der Waals surface area contributed by atoms with E-state index >= 15 is 0 Å². The fourth-order valence-electron chi connectivity index (χ4n) is 8.25. The number of hydrogen-bond acceptors (Lipinski definition) is 0. The molecule has 0 saturated carbocycles. The Morgan fingerprint density at radius 2 is 0.222 bits per heavy atom. The molecule has 0 aromatic carbocycles. The standard InChI is InChI=1S/C35H90Si10/c1-36(2)26-21-28-38(5,6)40(9,10)30-23-32-42(13,14)44(17,18)34-25-35-45(19,20)43(15,16)33-24-31-41(11,12)39(7,8)29-22-27-37(36,3)4/h21-35H2,1-20H3. The molecule has 1 saturated heterocycles. The fourth-order valence-corrected chi connectivity index (χ4v) is 53.0. The summed E-state index contributed by atoms with van der Waals surface area (Å²) in [5.41, 5.74) is 0. The molecule has 0 aromatic rings. The molecule has 0 amide bonds. The van der Waals surface area contributed by atoms with E-state index in [1.54, 1.807) is 92.5 Å². The van der Waals surface area contributed by atoms with Crippen LogP contribution in [-0.2, 0) is 0 Å². The Hall–Kier alpha value is 2.17. The highest BCUT2D eigenvalue weighted by Crippen LogP contribution is 2.40. The predicted molar refractivity (Wildman–Crippen MR) is 246 cm³/mol. The Morgan fingerprint density at radius 1 is 0.156 bits per heavy atom. The summed E-state index contributed by atoms with van der Waals surface area (Å²) in [6.45, 7) is 56.6. The third-order valence-electron chi connectivity index (χ3n) is 17.2. The third kappa shape index (κ3) is 11.9. The lowest BCUT2D eigenvalue weighted by Gasteiger charge is -2.43. The molecular weight excluding hydrogens is 701 g/mol. The van der Waals surface area contributed by atoms with Crippen molar-refractivity contribution in [3.8, 4) is 0 Å². The van der Waals surface area contributed by atoms with Crippen molar-refractivity contribution in [3.63, 3.8) is 0 Å². The summed E-state index contributed by atoms with van der Waals surface area (Å²) in [6, 6.07) is 16.3. The van der Waals surface area contributed by atoms with Crippen LogP contribution in [0.5, 0.6) is 0 Å². The van der Waals surface area contributed by atoms with Gasteiger partial charge in [-0.1, -0.05) is 223 Å². The van der Waals surface area contributed by atoms with Crippen molar-refractivity contribution in [3.05, 3.63) is 0 Å². The third-order valence-corrected chi connectivity index (χ3v) is 114. The molecule has 0 aliphatic carbocycles. The second-order valence-corrected chi connectivity index (χ2v) is 106. The average Bonchev–Trinajstić information content (AvgIpc) is 2.81. The smallest absolute Gasteiger partial charge is 0.0412 e. The molecule has 1 rings (SSSR count). The van der Waals surface area contributed by atoms with Crippen molar-refractivity contribution in [1.29, 1.82) is 0 Å². The molecule has 0 N–H and O–H groups in total. The molecule has 0 unspecified atom stereocenters. The lowest BCUT2D eigenvalue weighted by molar-refractivity contribution is 0.995. The Labute approximate surface area is 297 Å². The lowest BCUT2D eigenvalue weighted by Crippen LogP contribution is -2.57. The first-order valence-electron chi connectivity index (χ1n) is 19.8. The van der Waals surface area contributed by atoms with Gasteiger partial charge in [0.25, 0.3) is 0 Å². The normalized spacial score (nSPS) is 30.7. The Kier molecular flexibility index (Phi) is 15.9. The summed E-state index contributed by atoms with van der Waals surface area (Å²) in [5.74, 6) is 0. The van der Waals surface area contributed by atoms with E-state index in [0.29, 0.717) is 0 Å². The zero-order chi connectivity index (χ0) is 35.6. The van der Waals surface area contributed by atoms with Crippen LogP contribution in [0.25, 0.3) is 0 Å². The first-order chi connectivity index (χ1) is 19.8. The van der Waals surface area contributed by atoms with Gasteiger partial charge in [0.2, 0.25) is 0 Å². The van der Waals surface area contributed by atoms with Crippen LogP contribution in [0.4, 0.5) is 0 Å². The maximum Gasteiger partial charge on any atom is 0.0412 e. The maximum atomic E-state index is 2.83. The van der Waals surface area contributed by atoms with Crippen LogP contribution in [0.15, 0.2) is 0 Å². The maximum absolute atomic E-state index is 2.83. The molecule has 270 valence electrons. The molecule has 0 spiro atoms. The van der Waals surface area contributed by atoms with Crippen LogP contribution in [0.3, 0.4) is 0 Å². The highest BCUT2D eigenvalue weighted by molar-refractivity contribution is 7.43. The SMILES string of the molecule is C[Si]1(C)CCC[Si](C)(C)[Si](C)(C)CCC[Si](C)(C)[Si](C)(C)CCC[Si](C)(C)[Si](C)(C)CCC[Si](C)(C)[Si](C)(C)CCC[Si]1(C)C. The van der Waals surface area contributed by atoms with Crippen LogP contribution < -0.4 is 0 Å². The van der Waals surface area contributed by atoms with E-state index < -0.39 is 75.9 Å². The van der Waals surface area contributed by atoms with Crippen LogP contribution in [0, 0.1) is 0 Å². The van der Waals surface area contributed by atoms with Gasteiger partial charge in [-0.15, -0.1) is 0 Å². The minimum atomic E-state index is -1.14. The summed E-state index contributed by atoms with van der Waals surface area (Å²) in [6.07, 6.45) is 7.87. The monoisotopic (exact) mass is 790 g/mol. The molecule has 0 atom stereocenters. The van der Waals surface area contributed by atoms with Gasteiger partial charge in [0.1, 0.15) is 0 Å². The second kappa shape index (κ2) is 15.8. The second-order valence-electron chi connectivity index (χ2n) is 23.1. The molecule has 0 aromatic heterocycles. The van der Waals surface area contributed by atoms with E-state index in [9.17, 15) is 0 Å². The van der Waals surface area contributed by atoms with Crippen molar-refractivity contribution in [2.45, 2.75) is 223 Å². The van der Waals surface area contributed by atoms with Crippen LogP contribution in [-0.4, -0.2) is 75.9 Å². The van der Waals surface area contributed by atoms with Gasteiger partial charge in [0, 0.05) is 75.9 Å². The van der Waals surface area contributed by atoms with Crippen LogP contribution >= 0.6 is 0 Å². The van der Waals surface area contributed by atoms with Crippen molar-refractivity contribution >= 4 is 75.9 Å². The van der Waals surface area contributed by atoms with E-state index in [-0.39, 0.29) is 0 Å². The van der Waals surface area contributed by atoms with E-state index in [0.717, 1.165) is 0 Å². The summed E-state index contributed by atoms with van der Waals surface area (Å²) in [7, 11) is -11.4. The van der Waals surface area contributed by atoms with Crippen molar-refractivity contribution < 1.29 is 0 Å². The summed E-state index contributed by atoms with van der Waals surface area (Å²) < 4.78 is 0. The molecule has 0 bridgehead atoms. The molecule has 0 nitrogen and oxygen atoms in total. The zero-order valence-electron chi connectivity index (χ0n) is 35.6. The van der Waals surface area contributed by atoms with Gasteiger partial charge in [0.05, 0.1) is 0 Å². The minimum absolute atomic E-state index is 1.14. The highest BCUT2D eigenvalue weighted by atomic mass is 29.3. The largest absolute Gasteiger partial charge is 0.0713 e. The van der Waals surface area contributed by atoms with E-state index in [1.165, 1.54) is 0 Å². The molecule has 1 fully saturated rings. The van der Waals surface area contributed by atoms with Crippen molar-refractivity contribution in [2.24, 2.45) is 0 Å². The molecule has 1 aliphatic rings. The zero-order valence-corrected chi connectivity index (χ0v) is 45.6. The number of hydrogen-bond donors (Lipinski definition) is 0. The van der Waals surface area contributed by atoms with Gasteiger partial charge in [-0.2, -0.15) is 0 Å². The molecular formula is C35H90Si10. The Balaban J connectivity index is 3.28. The van der Waals surface area contributed by atoms with Crippen LogP contribution in [0.2, 0.25) is 191 Å². The first-order valence-corrected chi connectivity index (χ1v) is 56.9. The molecule has 1 aliphatic heterocycles. The summed E-state index contributed by atoms with van der Waals surface area (Å²) in [5, 5.41) is 0. The average molecular weight is 792 g/mol. The minimum Gasteiger partial charge on any atom is -0.0713 e. The molecule has 10 heteroatoms. The van der Waals surface area contributed by atoms with Gasteiger partial charge >= 0.3 is 0 Å². The van der Waals surface area contributed by atoms with Gasteiger partial charge < -0.3 is 0 Å². The first kappa shape index (κ1) is 45.2. The topological polar surface area (TPSA) is 0 Å². The highest BCUT2D eigenvalue weighted by Gasteiger charge is 2.47. The van der Waals surface area contributed by atoms with Gasteiger partial charge in [0.15, 0.2) is 0 Å². The fraction of sp³-hybridized carbons (Fsp3) is 1.00. The van der Waals surface area contributed by atoms with Crippen molar-refractivity contribution in [2.75, 3.05) is 0 Å². The lowest BCUT2D eigenvalue weighted by atomic mass is 10.6.